The van der Waals surface area contributed by atoms with Crippen LogP contribution in [-0.2, 0) is 13.1 Å². The number of carbonyl (C=O) groups excluding carboxylic acids is 1. The molecule has 1 aliphatic heterocycles. The minimum absolute atomic E-state index is 0.157. The van der Waals surface area contributed by atoms with Gasteiger partial charge in [-0.25, -0.2) is 14.8 Å². The maximum atomic E-state index is 13.3. The van der Waals surface area contributed by atoms with Gasteiger partial charge in [-0.2, -0.15) is 0 Å². The summed E-state index contributed by atoms with van der Waals surface area (Å²) in [6.07, 6.45) is 6.12. The predicted octanol–water partition coefficient (Wildman–Crippen LogP) is 3.18. The quantitative estimate of drug-likeness (QED) is 0.526. The van der Waals surface area contributed by atoms with Gasteiger partial charge in [-0.1, -0.05) is 26.8 Å². The van der Waals surface area contributed by atoms with Crippen molar-refractivity contribution in [2.75, 3.05) is 18.0 Å². The molecule has 0 unspecified atom stereocenters. The second-order valence-corrected chi connectivity index (χ2v) is 10.7. The first-order valence-corrected chi connectivity index (χ1v) is 13.0. The molecule has 9 heteroatoms. The van der Waals surface area contributed by atoms with Crippen molar-refractivity contribution in [2.24, 2.45) is 11.8 Å². The molecule has 3 aromatic rings. The van der Waals surface area contributed by atoms with Crippen LogP contribution in [0.15, 0.2) is 34.0 Å². The number of hydrogen-bond donors (Lipinski definition) is 2. The number of anilines is 1. The van der Waals surface area contributed by atoms with Gasteiger partial charge < -0.3 is 10.2 Å². The standard InChI is InChI=1S/C27H34N6O3/c1-16(2)15-33-24-23(26(35)31-27(33)36)20(12-21(30-24)19-5-6-19)25(34)29-14-18-4-7-22(28-13-18)32-10-8-17(3)9-11-32/h4,7,12-13,16-17,19H,5-6,8-11,14-15H2,1-3H3,(H,29,34)(H,31,35,36). The summed E-state index contributed by atoms with van der Waals surface area (Å²) >= 11 is 0. The molecule has 3 aromatic heterocycles. The molecule has 1 saturated carbocycles. The van der Waals surface area contributed by atoms with E-state index in [1.165, 1.54) is 17.4 Å². The average molecular weight is 491 g/mol. The lowest BCUT2D eigenvalue weighted by Crippen LogP contribution is -2.34. The van der Waals surface area contributed by atoms with Gasteiger partial charge in [-0.3, -0.25) is 19.1 Å². The van der Waals surface area contributed by atoms with Crippen LogP contribution in [0.4, 0.5) is 5.82 Å². The number of aromatic amines is 1. The molecule has 0 radical (unpaired) electrons. The van der Waals surface area contributed by atoms with Crippen LogP contribution in [0.3, 0.4) is 0 Å². The van der Waals surface area contributed by atoms with E-state index in [4.69, 9.17) is 0 Å². The van der Waals surface area contributed by atoms with Gasteiger partial charge in [0.25, 0.3) is 11.5 Å². The van der Waals surface area contributed by atoms with Gasteiger partial charge in [0.05, 0.1) is 10.9 Å². The van der Waals surface area contributed by atoms with Gasteiger partial charge >= 0.3 is 5.69 Å². The molecule has 0 spiro atoms. The van der Waals surface area contributed by atoms with E-state index in [0.717, 1.165) is 48.9 Å². The lowest BCUT2D eigenvalue weighted by atomic mass is 9.99. The largest absolute Gasteiger partial charge is 0.357 e. The first-order valence-electron chi connectivity index (χ1n) is 13.0. The highest BCUT2D eigenvalue weighted by Gasteiger charge is 2.29. The van der Waals surface area contributed by atoms with Crippen LogP contribution in [0.2, 0.25) is 0 Å². The molecule has 0 aromatic carbocycles. The molecule has 4 heterocycles. The molecule has 36 heavy (non-hydrogen) atoms. The monoisotopic (exact) mass is 490 g/mol. The van der Waals surface area contributed by atoms with Crippen LogP contribution in [0, 0.1) is 11.8 Å². The van der Waals surface area contributed by atoms with Crippen molar-refractivity contribution in [2.45, 2.75) is 65.5 Å². The molecule has 1 saturated heterocycles. The number of nitrogens with one attached hydrogen (secondary N) is 2. The molecular weight excluding hydrogens is 456 g/mol. The molecule has 1 aliphatic carbocycles. The number of amides is 1. The second-order valence-electron chi connectivity index (χ2n) is 10.7. The molecule has 2 fully saturated rings. The van der Waals surface area contributed by atoms with Crippen LogP contribution >= 0.6 is 0 Å². The van der Waals surface area contributed by atoms with Gasteiger partial charge in [0, 0.05) is 44.0 Å². The Morgan fingerprint density at radius 2 is 1.92 bits per heavy atom. The number of hydrogen-bond acceptors (Lipinski definition) is 6. The fraction of sp³-hybridized carbons (Fsp3) is 0.519. The van der Waals surface area contributed by atoms with E-state index in [9.17, 15) is 14.4 Å². The van der Waals surface area contributed by atoms with Crippen molar-refractivity contribution in [3.05, 3.63) is 62.1 Å². The van der Waals surface area contributed by atoms with Crippen molar-refractivity contribution in [3.63, 3.8) is 0 Å². The molecule has 5 rings (SSSR count). The molecular formula is C27H34N6O3. The third-order valence-electron chi connectivity index (χ3n) is 7.13. The minimum Gasteiger partial charge on any atom is -0.357 e. The molecule has 190 valence electrons. The number of rotatable bonds is 7. The third kappa shape index (κ3) is 5.05. The van der Waals surface area contributed by atoms with Crippen molar-refractivity contribution >= 4 is 22.8 Å². The Balaban J connectivity index is 1.40. The minimum atomic E-state index is -0.586. The zero-order chi connectivity index (χ0) is 25.4. The van der Waals surface area contributed by atoms with Crippen LogP contribution in [-0.4, -0.2) is 38.5 Å². The first-order chi connectivity index (χ1) is 17.3. The normalized spacial score (nSPS) is 16.6. The van der Waals surface area contributed by atoms with Crippen LogP contribution in [0.1, 0.15) is 74.0 Å². The molecule has 0 bridgehead atoms. The van der Waals surface area contributed by atoms with E-state index in [-0.39, 0.29) is 40.9 Å². The second kappa shape index (κ2) is 9.87. The maximum Gasteiger partial charge on any atom is 0.330 e. The van der Waals surface area contributed by atoms with Crippen molar-refractivity contribution in [1.82, 2.24) is 24.8 Å². The number of piperidine rings is 1. The lowest BCUT2D eigenvalue weighted by Gasteiger charge is -2.31. The summed E-state index contributed by atoms with van der Waals surface area (Å²) in [6, 6.07) is 5.70. The number of pyridine rings is 2. The topological polar surface area (TPSA) is 113 Å². The summed E-state index contributed by atoms with van der Waals surface area (Å²) in [4.78, 5) is 52.7. The summed E-state index contributed by atoms with van der Waals surface area (Å²) in [6.45, 7) is 8.99. The summed E-state index contributed by atoms with van der Waals surface area (Å²) in [5.74, 6) is 1.79. The lowest BCUT2D eigenvalue weighted by molar-refractivity contribution is 0.0952. The Bertz CT molecular complexity index is 1380. The average Bonchev–Trinajstić information content (AvgIpc) is 3.71. The maximum absolute atomic E-state index is 13.3. The van der Waals surface area contributed by atoms with Gasteiger partial charge in [0.2, 0.25) is 0 Å². The van der Waals surface area contributed by atoms with Crippen LogP contribution in [0.5, 0.6) is 0 Å². The summed E-state index contributed by atoms with van der Waals surface area (Å²) in [5.41, 5.74) is 1.10. The number of nitrogens with zero attached hydrogens (tertiary/aromatic N) is 4. The zero-order valence-electron chi connectivity index (χ0n) is 21.2. The van der Waals surface area contributed by atoms with Crippen molar-refractivity contribution < 1.29 is 4.79 Å². The Labute approximate surface area is 210 Å². The van der Waals surface area contributed by atoms with Gasteiger partial charge in [-0.15, -0.1) is 0 Å². The van der Waals surface area contributed by atoms with Crippen molar-refractivity contribution in [3.8, 4) is 0 Å². The highest BCUT2D eigenvalue weighted by Crippen LogP contribution is 2.40. The Kier molecular flexibility index (Phi) is 6.64. The Hall–Kier alpha value is -3.49. The highest BCUT2D eigenvalue weighted by molar-refractivity contribution is 6.05. The van der Waals surface area contributed by atoms with Gasteiger partial charge in [0.15, 0.2) is 5.65 Å². The van der Waals surface area contributed by atoms with Crippen molar-refractivity contribution in [1.29, 1.82) is 0 Å². The SMILES string of the molecule is CC(C)Cn1c(=O)[nH]c(=O)c2c(C(=O)NCc3ccc(N4CCC(C)CC4)nc3)cc(C3CC3)nc21. The van der Waals surface area contributed by atoms with Crippen LogP contribution in [0.25, 0.3) is 11.0 Å². The van der Waals surface area contributed by atoms with Gasteiger partial charge in [-0.05, 0) is 55.2 Å². The Morgan fingerprint density at radius 3 is 2.56 bits per heavy atom. The summed E-state index contributed by atoms with van der Waals surface area (Å²) in [7, 11) is 0. The van der Waals surface area contributed by atoms with E-state index in [2.05, 4.69) is 32.1 Å². The highest BCUT2D eigenvalue weighted by atomic mass is 16.2. The fourth-order valence-electron chi connectivity index (χ4n) is 4.82. The molecule has 1 amide bonds. The number of carbonyl (C=O) groups is 1. The molecule has 9 nitrogen and oxygen atoms in total. The van der Waals surface area contributed by atoms with E-state index in [1.807, 2.05) is 26.0 Å². The van der Waals surface area contributed by atoms with E-state index < -0.39 is 11.2 Å². The zero-order valence-corrected chi connectivity index (χ0v) is 21.2. The van der Waals surface area contributed by atoms with Crippen LogP contribution < -0.4 is 21.5 Å². The predicted molar refractivity (Wildman–Crippen MR) is 139 cm³/mol. The number of aromatic nitrogens is 4. The number of fused-ring (bicyclic) bond motifs is 1. The summed E-state index contributed by atoms with van der Waals surface area (Å²) in [5, 5.41) is 3.10. The van der Waals surface area contributed by atoms with E-state index in [1.54, 1.807) is 12.3 Å². The summed E-state index contributed by atoms with van der Waals surface area (Å²) < 4.78 is 1.48. The number of H-pyrrole nitrogens is 1. The van der Waals surface area contributed by atoms with E-state index in [0.29, 0.717) is 6.54 Å². The smallest absolute Gasteiger partial charge is 0.330 e. The van der Waals surface area contributed by atoms with E-state index >= 15 is 0 Å². The molecule has 2 N–H and O–H groups in total. The first kappa shape index (κ1) is 24.2. The fourth-order valence-corrected chi connectivity index (χ4v) is 4.82. The third-order valence-corrected chi connectivity index (χ3v) is 7.13. The Morgan fingerprint density at radius 1 is 1.17 bits per heavy atom. The molecule has 2 aliphatic rings. The van der Waals surface area contributed by atoms with Gasteiger partial charge in [0.1, 0.15) is 5.82 Å². The molecule has 0 atom stereocenters.